The van der Waals surface area contributed by atoms with Crippen molar-refractivity contribution in [3.05, 3.63) is 40.4 Å². The molecule has 11 heteroatoms. The van der Waals surface area contributed by atoms with Crippen molar-refractivity contribution in [1.29, 1.82) is 0 Å². The molecule has 0 unspecified atom stereocenters. The summed E-state index contributed by atoms with van der Waals surface area (Å²) in [5.41, 5.74) is 0.969. The van der Waals surface area contributed by atoms with Crippen LogP contribution < -0.4 is 19.5 Å². The number of methoxy groups -OCH3 is 3. The predicted molar refractivity (Wildman–Crippen MR) is 116 cm³/mol. The first-order valence-corrected chi connectivity index (χ1v) is 9.70. The van der Waals surface area contributed by atoms with E-state index in [2.05, 4.69) is 36.5 Å². The predicted octanol–water partition coefficient (Wildman–Crippen LogP) is 3.70. The second kappa shape index (κ2) is 9.47. The van der Waals surface area contributed by atoms with Gasteiger partial charge in [-0.05, 0) is 30.3 Å². The number of carbonyl (C=O) groups excluding carboxylic acids is 2. The number of aromatic amines is 1. The largest absolute Gasteiger partial charge is 0.493 e. The Labute approximate surface area is 185 Å². The number of ether oxygens (including phenoxy) is 3. The van der Waals surface area contributed by atoms with Crippen molar-refractivity contribution in [2.24, 2.45) is 10.2 Å². The van der Waals surface area contributed by atoms with Crippen LogP contribution >= 0.6 is 15.9 Å². The van der Waals surface area contributed by atoms with E-state index in [0.717, 1.165) is 4.47 Å². The summed E-state index contributed by atoms with van der Waals surface area (Å²) in [6.45, 7) is -0.397. The van der Waals surface area contributed by atoms with Gasteiger partial charge in [0.2, 0.25) is 11.6 Å². The molecule has 1 aromatic heterocycles. The van der Waals surface area contributed by atoms with Crippen LogP contribution in [0.2, 0.25) is 0 Å². The van der Waals surface area contributed by atoms with Crippen LogP contribution in [0.4, 0.5) is 5.69 Å². The van der Waals surface area contributed by atoms with Gasteiger partial charge in [-0.2, -0.15) is 0 Å². The molecule has 2 amide bonds. The molecule has 162 valence electrons. The van der Waals surface area contributed by atoms with Crippen LogP contribution in [0.5, 0.6) is 23.1 Å². The van der Waals surface area contributed by atoms with E-state index in [-0.39, 0.29) is 17.1 Å². The van der Waals surface area contributed by atoms with Gasteiger partial charge in [-0.15, -0.1) is 10.2 Å². The molecule has 31 heavy (non-hydrogen) atoms. The minimum Gasteiger partial charge on any atom is -0.493 e. The molecule has 0 bridgehead atoms. The van der Waals surface area contributed by atoms with Crippen molar-refractivity contribution in [1.82, 2.24) is 10.3 Å². The fraction of sp³-hybridized carbons (Fsp3) is 0.200. The smallest absolute Gasteiger partial charge is 0.283 e. The van der Waals surface area contributed by atoms with Gasteiger partial charge in [-0.3, -0.25) is 9.59 Å². The zero-order valence-electron chi connectivity index (χ0n) is 16.9. The van der Waals surface area contributed by atoms with Crippen LogP contribution in [0.3, 0.4) is 0 Å². The van der Waals surface area contributed by atoms with E-state index in [1.165, 1.54) is 33.5 Å². The standard InChI is InChI=1S/C20H19BrN4O6/c1-29-14-6-10(7-15(30-2)18(14)31-3)19(27)22-9-16(26)24-25-17-12-8-11(21)4-5-13(12)23-20(17)28/h4-8,23,28H,9H2,1-3H3,(H,22,27). The van der Waals surface area contributed by atoms with E-state index < -0.39 is 18.4 Å². The molecule has 3 rings (SSSR count). The van der Waals surface area contributed by atoms with Crippen LogP contribution in [0.1, 0.15) is 10.4 Å². The molecule has 0 aliphatic heterocycles. The third kappa shape index (κ3) is 4.77. The molecular formula is C20H19BrN4O6. The number of hydrogen-bond acceptors (Lipinski definition) is 7. The van der Waals surface area contributed by atoms with E-state index in [1.807, 2.05) is 0 Å². The van der Waals surface area contributed by atoms with E-state index in [9.17, 15) is 14.7 Å². The fourth-order valence-corrected chi connectivity index (χ4v) is 3.21. The summed E-state index contributed by atoms with van der Waals surface area (Å²) in [4.78, 5) is 27.3. The first kappa shape index (κ1) is 22.1. The minimum atomic E-state index is -0.704. The van der Waals surface area contributed by atoms with E-state index in [0.29, 0.717) is 28.2 Å². The summed E-state index contributed by atoms with van der Waals surface area (Å²) in [6, 6.07) is 8.20. The molecule has 0 atom stereocenters. The molecule has 0 saturated heterocycles. The van der Waals surface area contributed by atoms with Gasteiger partial charge >= 0.3 is 0 Å². The third-order valence-corrected chi connectivity index (χ3v) is 4.80. The van der Waals surface area contributed by atoms with Gasteiger partial charge in [-0.25, -0.2) is 0 Å². The van der Waals surface area contributed by atoms with Gasteiger partial charge in [-0.1, -0.05) is 15.9 Å². The van der Waals surface area contributed by atoms with Gasteiger partial charge < -0.3 is 29.6 Å². The second-order valence-corrected chi connectivity index (χ2v) is 7.12. The molecule has 0 saturated carbocycles. The van der Waals surface area contributed by atoms with Crippen molar-refractivity contribution < 1.29 is 28.9 Å². The second-order valence-electron chi connectivity index (χ2n) is 6.20. The normalized spacial score (nSPS) is 11.0. The van der Waals surface area contributed by atoms with Crippen LogP contribution in [0, 0.1) is 0 Å². The van der Waals surface area contributed by atoms with E-state index in [1.54, 1.807) is 18.2 Å². The summed E-state index contributed by atoms with van der Waals surface area (Å²) in [6.07, 6.45) is 0. The van der Waals surface area contributed by atoms with Gasteiger partial charge in [0.1, 0.15) is 6.54 Å². The molecule has 0 fully saturated rings. The maximum absolute atomic E-state index is 12.4. The summed E-state index contributed by atoms with van der Waals surface area (Å²) in [5.74, 6) is -0.508. The van der Waals surface area contributed by atoms with E-state index in [4.69, 9.17) is 14.2 Å². The monoisotopic (exact) mass is 490 g/mol. The number of aromatic nitrogens is 1. The third-order valence-electron chi connectivity index (χ3n) is 4.30. The fourth-order valence-electron chi connectivity index (χ4n) is 2.85. The molecule has 0 spiro atoms. The van der Waals surface area contributed by atoms with Gasteiger partial charge in [0.15, 0.2) is 17.2 Å². The number of amides is 2. The Morgan fingerprint density at radius 3 is 2.39 bits per heavy atom. The van der Waals surface area contributed by atoms with Crippen molar-refractivity contribution in [3.8, 4) is 23.1 Å². The summed E-state index contributed by atoms with van der Waals surface area (Å²) < 4.78 is 16.4. The van der Waals surface area contributed by atoms with Crippen LogP contribution in [-0.4, -0.2) is 49.8 Å². The number of benzene rings is 2. The Kier molecular flexibility index (Phi) is 6.75. The SMILES string of the molecule is COc1cc(C(=O)NCC(=O)N=Nc2c(O)[nH]c3ccc(Br)cc23)cc(OC)c1OC. The summed E-state index contributed by atoms with van der Waals surface area (Å²) in [7, 11) is 4.32. The van der Waals surface area contributed by atoms with Gasteiger partial charge in [0.05, 0.1) is 26.8 Å². The molecule has 2 aromatic carbocycles. The number of carbonyl (C=O) groups is 2. The maximum Gasteiger partial charge on any atom is 0.283 e. The number of hydrogen-bond donors (Lipinski definition) is 3. The van der Waals surface area contributed by atoms with Crippen molar-refractivity contribution in [2.75, 3.05) is 27.9 Å². The summed E-state index contributed by atoms with van der Waals surface area (Å²) in [5, 5.41) is 20.5. The highest BCUT2D eigenvalue weighted by atomic mass is 79.9. The number of nitrogens with zero attached hydrogens (tertiary/aromatic N) is 2. The average Bonchev–Trinajstić information content (AvgIpc) is 3.08. The Bertz CT molecular complexity index is 1150. The lowest BCUT2D eigenvalue weighted by molar-refractivity contribution is -0.117. The number of nitrogens with one attached hydrogen (secondary N) is 2. The van der Waals surface area contributed by atoms with Gasteiger partial charge in [0, 0.05) is 15.4 Å². The first-order chi connectivity index (χ1) is 14.9. The summed E-state index contributed by atoms with van der Waals surface area (Å²) >= 11 is 3.34. The van der Waals surface area contributed by atoms with E-state index >= 15 is 0 Å². The quantitative estimate of drug-likeness (QED) is 0.432. The zero-order chi connectivity index (χ0) is 22.5. The number of azo groups is 1. The zero-order valence-corrected chi connectivity index (χ0v) is 18.4. The number of aromatic hydroxyl groups is 1. The van der Waals surface area contributed by atoms with Crippen LogP contribution in [0.25, 0.3) is 10.9 Å². The molecule has 10 nitrogen and oxygen atoms in total. The van der Waals surface area contributed by atoms with Crippen molar-refractivity contribution >= 4 is 44.3 Å². The van der Waals surface area contributed by atoms with Crippen LogP contribution in [0.15, 0.2) is 45.0 Å². The number of H-pyrrole nitrogens is 1. The Balaban J connectivity index is 1.71. The number of rotatable bonds is 7. The number of fused-ring (bicyclic) bond motifs is 1. The van der Waals surface area contributed by atoms with Crippen molar-refractivity contribution in [3.63, 3.8) is 0 Å². The maximum atomic E-state index is 12.4. The lowest BCUT2D eigenvalue weighted by atomic mass is 10.1. The Morgan fingerprint density at radius 2 is 1.77 bits per heavy atom. The molecule has 0 aliphatic rings. The molecule has 0 radical (unpaired) electrons. The minimum absolute atomic E-state index is 0.126. The number of halogens is 1. The highest BCUT2D eigenvalue weighted by Gasteiger charge is 2.17. The van der Waals surface area contributed by atoms with Crippen molar-refractivity contribution in [2.45, 2.75) is 0 Å². The molecule has 3 N–H and O–H groups in total. The average molecular weight is 491 g/mol. The highest BCUT2D eigenvalue weighted by molar-refractivity contribution is 9.10. The lowest BCUT2D eigenvalue weighted by Gasteiger charge is -2.13. The topological polar surface area (TPSA) is 135 Å². The highest BCUT2D eigenvalue weighted by Crippen LogP contribution is 2.38. The van der Waals surface area contributed by atoms with Gasteiger partial charge in [0.25, 0.3) is 11.8 Å². The Morgan fingerprint density at radius 1 is 1.10 bits per heavy atom. The molecule has 1 heterocycles. The molecule has 0 aliphatic carbocycles. The molecular weight excluding hydrogens is 472 g/mol. The molecule has 3 aromatic rings. The van der Waals surface area contributed by atoms with Crippen LogP contribution in [-0.2, 0) is 4.79 Å². The lowest BCUT2D eigenvalue weighted by Crippen LogP contribution is -2.28. The Hall–Kier alpha value is -3.60. The first-order valence-electron chi connectivity index (χ1n) is 8.91.